The first-order valence-corrected chi connectivity index (χ1v) is 12.3. The number of carbonyl (C=O) groups excluding carboxylic acids is 2. The first kappa shape index (κ1) is 20.8. The second-order valence-corrected chi connectivity index (χ2v) is 10.1. The molecule has 3 aliphatic rings. The van der Waals surface area contributed by atoms with E-state index < -0.39 is 0 Å². The highest BCUT2D eigenvalue weighted by molar-refractivity contribution is 7.13. The van der Waals surface area contributed by atoms with E-state index in [0.717, 1.165) is 44.3 Å². The molecule has 0 radical (unpaired) electrons. The molecule has 0 N–H and O–H groups in total. The van der Waals surface area contributed by atoms with Crippen LogP contribution in [0.5, 0.6) is 0 Å². The van der Waals surface area contributed by atoms with Crippen LogP contribution in [0.2, 0.25) is 0 Å². The van der Waals surface area contributed by atoms with Crippen LogP contribution in [0.15, 0.2) is 24.3 Å². The van der Waals surface area contributed by atoms with Crippen molar-refractivity contribution in [2.75, 3.05) is 44.2 Å². The van der Waals surface area contributed by atoms with Crippen LogP contribution in [0.25, 0.3) is 10.1 Å². The van der Waals surface area contributed by atoms with Gasteiger partial charge in [0.1, 0.15) is 0 Å². The zero-order valence-corrected chi connectivity index (χ0v) is 18.7. The number of carbonyl (C=O) groups is 2. The number of hydroxylamine groups is 3. The molecule has 2 aliphatic heterocycles. The Morgan fingerprint density at radius 3 is 2.42 bits per heavy atom. The molecule has 166 valence electrons. The van der Waals surface area contributed by atoms with Crippen molar-refractivity contribution in [2.24, 2.45) is 11.8 Å². The predicted octanol–water partition coefficient (Wildman–Crippen LogP) is 3.39. The van der Waals surface area contributed by atoms with E-state index >= 15 is 0 Å². The fourth-order valence-electron chi connectivity index (χ4n) is 5.49. The summed E-state index contributed by atoms with van der Waals surface area (Å²) < 4.78 is 5.61. The number of imide groups is 1. The standard InChI is InChI=1S/C23H30N4O3S/c28-22-17-7-1-2-8-18(17)23(29)26(22)11-5-6-14-27(30)15-12-25(13-16-27)21-19-9-3-4-10-20(19)31-24-21/h3-4,9-10,17-18H,1-2,5-8,11-16H2/t17-,18+. The van der Waals surface area contributed by atoms with Crippen LogP contribution in [0.4, 0.5) is 5.82 Å². The molecule has 1 aliphatic carbocycles. The maximum Gasteiger partial charge on any atom is 0.233 e. The topological polar surface area (TPSA) is 76.6 Å². The van der Waals surface area contributed by atoms with Crippen LogP contribution >= 0.6 is 11.5 Å². The number of hydrogen-bond acceptors (Lipinski definition) is 6. The van der Waals surface area contributed by atoms with Crippen molar-refractivity contribution in [3.8, 4) is 0 Å². The molecule has 1 saturated carbocycles. The van der Waals surface area contributed by atoms with Gasteiger partial charge in [-0.3, -0.25) is 14.5 Å². The van der Waals surface area contributed by atoms with E-state index in [1.54, 1.807) is 0 Å². The van der Waals surface area contributed by atoms with Gasteiger partial charge in [0, 0.05) is 11.9 Å². The Hall–Kier alpha value is -2.03. The number of rotatable bonds is 6. The summed E-state index contributed by atoms with van der Waals surface area (Å²) in [6.07, 6.45) is 5.29. The van der Waals surface area contributed by atoms with Gasteiger partial charge in [-0.15, -0.1) is 0 Å². The third kappa shape index (κ3) is 3.97. The smallest absolute Gasteiger partial charge is 0.233 e. The van der Waals surface area contributed by atoms with Crippen molar-refractivity contribution in [3.05, 3.63) is 29.5 Å². The Morgan fingerprint density at radius 1 is 1.03 bits per heavy atom. The fraction of sp³-hybridized carbons (Fsp3) is 0.609. The Labute approximate surface area is 186 Å². The molecule has 0 unspecified atom stereocenters. The van der Waals surface area contributed by atoms with E-state index in [2.05, 4.69) is 21.4 Å². The molecule has 0 spiro atoms. The minimum absolute atomic E-state index is 0.0322. The lowest BCUT2D eigenvalue weighted by molar-refractivity contribution is -0.881. The van der Waals surface area contributed by atoms with Crippen molar-refractivity contribution in [1.29, 1.82) is 0 Å². The summed E-state index contributed by atoms with van der Waals surface area (Å²) in [6.45, 7) is 3.55. The van der Waals surface area contributed by atoms with Crippen LogP contribution < -0.4 is 4.90 Å². The molecule has 31 heavy (non-hydrogen) atoms. The molecule has 7 nitrogen and oxygen atoms in total. The van der Waals surface area contributed by atoms with Gasteiger partial charge in [0.15, 0.2) is 5.82 Å². The fourth-order valence-corrected chi connectivity index (χ4v) is 6.28. The molecular formula is C23H30N4O3S. The lowest BCUT2D eigenvalue weighted by Gasteiger charge is -2.48. The molecule has 2 amide bonds. The van der Waals surface area contributed by atoms with Crippen molar-refractivity contribution < 1.29 is 14.2 Å². The molecule has 3 heterocycles. The van der Waals surface area contributed by atoms with E-state index in [4.69, 9.17) is 0 Å². The number of hydrogen-bond donors (Lipinski definition) is 0. The third-order valence-electron chi connectivity index (χ3n) is 7.34. The first-order valence-electron chi connectivity index (χ1n) is 11.6. The highest BCUT2D eigenvalue weighted by Crippen LogP contribution is 2.38. The monoisotopic (exact) mass is 442 g/mol. The van der Waals surface area contributed by atoms with E-state index in [0.29, 0.717) is 39.3 Å². The average molecular weight is 443 g/mol. The molecule has 2 atom stereocenters. The van der Waals surface area contributed by atoms with E-state index in [9.17, 15) is 14.8 Å². The number of aromatic nitrogens is 1. The van der Waals surface area contributed by atoms with Gasteiger partial charge in [0.05, 0.1) is 49.3 Å². The van der Waals surface area contributed by atoms with Gasteiger partial charge in [0.2, 0.25) is 11.8 Å². The van der Waals surface area contributed by atoms with Gasteiger partial charge < -0.3 is 14.8 Å². The first-order chi connectivity index (χ1) is 15.1. The van der Waals surface area contributed by atoms with Crippen molar-refractivity contribution in [1.82, 2.24) is 9.27 Å². The minimum atomic E-state index is -0.189. The second-order valence-electron chi connectivity index (χ2n) is 9.25. The van der Waals surface area contributed by atoms with E-state index in [1.165, 1.54) is 26.5 Å². The Kier molecular flexibility index (Phi) is 5.71. The van der Waals surface area contributed by atoms with E-state index in [1.807, 2.05) is 12.1 Å². The van der Waals surface area contributed by atoms with Crippen molar-refractivity contribution >= 4 is 39.3 Å². The largest absolute Gasteiger partial charge is 0.633 e. The summed E-state index contributed by atoms with van der Waals surface area (Å²) >= 11 is 1.51. The number of amides is 2. The number of fused-ring (bicyclic) bond motifs is 2. The summed E-state index contributed by atoms with van der Waals surface area (Å²) in [5.74, 6) is 0.914. The van der Waals surface area contributed by atoms with Crippen LogP contribution in [-0.4, -0.2) is 65.0 Å². The molecule has 0 bridgehead atoms. The molecule has 5 rings (SSSR count). The van der Waals surface area contributed by atoms with Crippen molar-refractivity contribution in [3.63, 3.8) is 0 Å². The molecule has 3 fully saturated rings. The number of likely N-dealkylation sites (tertiary alicyclic amines) is 1. The Balaban J connectivity index is 1.10. The van der Waals surface area contributed by atoms with Gasteiger partial charge in [-0.1, -0.05) is 25.0 Å². The highest BCUT2D eigenvalue weighted by atomic mass is 32.1. The maximum absolute atomic E-state index is 13.2. The highest BCUT2D eigenvalue weighted by Gasteiger charge is 2.47. The Morgan fingerprint density at radius 2 is 1.71 bits per heavy atom. The summed E-state index contributed by atoms with van der Waals surface area (Å²) in [5, 5.41) is 14.3. The molecule has 2 aromatic rings. The van der Waals surface area contributed by atoms with Gasteiger partial charge in [-0.2, -0.15) is 4.37 Å². The third-order valence-corrected chi connectivity index (χ3v) is 8.16. The van der Waals surface area contributed by atoms with Gasteiger partial charge in [-0.05, 0) is 49.3 Å². The molecule has 2 saturated heterocycles. The number of anilines is 1. The molecular weight excluding hydrogens is 412 g/mol. The summed E-state index contributed by atoms with van der Waals surface area (Å²) in [4.78, 5) is 28.9. The van der Waals surface area contributed by atoms with Gasteiger partial charge in [0.25, 0.3) is 0 Å². The van der Waals surface area contributed by atoms with Gasteiger partial charge >= 0.3 is 0 Å². The molecule has 1 aromatic carbocycles. The number of benzene rings is 1. The molecule has 1 aromatic heterocycles. The molecule has 8 heteroatoms. The zero-order chi connectivity index (χ0) is 21.4. The van der Waals surface area contributed by atoms with Gasteiger partial charge in [-0.25, -0.2) is 0 Å². The Bertz CT molecular complexity index is 945. The summed E-state index contributed by atoms with van der Waals surface area (Å²) in [7, 11) is 0. The lowest BCUT2D eigenvalue weighted by Crippen LogP contribution is -2.56. The zero-order valence-electron chi connectivity index (χ0n) is 17.9. The summed E-state index contributed by atoms with van der Waals surface area (Å²) in [6, 6.07) is 8.23. The number of unbranched alkanes of at least 4 members (excludes halogenated alkanes) is 1. The van der Waals surface area contributed by atoms with Crippen LogP contribution in [0, 0.1) is 17.0 Å². The number of quaternary nitrogens is 1. The average Bonchev–Trinajstić information content (AvgIpc) is 3.32. The predicted molar refractivity (Wildman–Crippen MR) is 121 cm³/mol. The number of nitrogens with zero attached hydrogens (tertiary/aromatic N) is 4. The lowest BCUT2D eigenvalue weighted by atomic mass is 9.81. The van der Waals surface area contributed by atoms with Crippen LogP contribution in [0.1, 0.15) is 38.5 Å². The summed E-state index contributed by atoms with van der Waals surface area (Å²) in [5.41, 5.74) is 0. The van der Waals surface area contributed by atoms with E-state index in [-0.39, 0.29) is 28.3 Å². The normalized spacial score (nSPS) is 26.0. The minimum Gasteiger partial charge on any atom is -0.633 e. The maximum atomic E-state index is 13.2. The van der Waals surface area contributed by atoms with Crippen LogP contribution in [0.3, 0.4) is 0 Å². The second kappa shape index (κ2) is 8.48. The van der Waals surface area contributed by atoms with Crippen molar-refractivity contribution in [2.45, 2.75) is 38.5 Å². The SMILES string of the molecule is O=C1[C@H]2CCCC[C@H]2C(=O)N1CCCC[N+]1([O-])CCN(c2nsc3ccccc23)CC1. The number of piperazine rings is 1. The quantitative estimate of drug-likeness (QED) is 0.297. The van der Waals surface area contributed by atoms with Crippen LogP contribution in [-0.2, 0) is 9.59 Å².